The van der Waals surface area contributed by atoms with E-state index in [1.54, 1.807) is 16.7 Å². The van der Waals surface area contributed by atoms with Gasteiger partial charge in [0.05, 0.1) is 29.2 Å². The van der Waals surface area contributed by atoms with Crippen molar-refractivity contribution in [2.45, 2.75) is 65.9 Å². The van der Waals surface area contributed by atoms with E-state index in [4.69, 9.17) is 0 Å². The minimum Gasteiger partial charge on any atom is -0.394 e. The Labute approximate surface area is 242 Å². The maximum Gasteiger partial charge on any atom is 0.244 e. The predicted octanol–water partition coefficient (Wildman–Crippen LogP) is 4.00. The second kappa shape index (κ2) is 12.0. The molecule has 3 aliphatic rings. The molecule has 0 aromatic heterocycles. The Morgan fingerprint density at radius 3 is 2.46 bits per heavy atom. The number of anilines is 1. The molecule has 0 radical (unpaired) electrons. The van der Waals surface area contributed by atoms with E-state index in [1.807, 2.05) is 60.7 Å². The number of hydrogen-bond acceptors (Lipinski definition) is 5. The van der Waals surface area contributed by atoms with E-state index >= 15 is 0 Å². The van der Waals surface area contributed by atoms with Crippen molar-refractivity contribution in [1.82, 2.24) is 10.2 Å². The average Bonchev–Trinajstić information content (AvgIpc) is 3.54. The zero-order valence-corrected chi connectivity index (χ0v) is 24.5. The number of aliphatic hydroxyl groups is 1. The summed E-state index contributed by atoms with van der Waals surface area (Å²) in [6.07, 6.45) is 3.96. The predicted molar refractivity (Wildman–Crippen MR) is 158 cm³/mol. The lowest BCUT2D eigenvalue weighted by molar-refractivity contribution is -0.142. The number of rotatable bonds is 11. The van der Waals surface area contributed by atoms with Crippen LogP contribution < -0.4 is 10.6 Å². The number of carbonyl (C=O) groups is 3. The van der Waals surface area contributed by atoms with Crippen molar-refractivity contribution >= 4 is 51.1 Å². The quantitative estimate of drug-likeness (QED) is 0.263. The number of nitrogens with one attached hydrogen (secondary N) is 2. The molecule has 3 N–H and O–H groups in total. The molecule has 7 atom stereocenters. The Balaban J connectivity index is 1.49. The zero-order chi connectivity index (χ0) is 27.6. The summed E-state index contributed by atoms with van der Waals surface area (Å²) in [5.74, 6) is -1.82. The average molecular weight is 615 g/mol. The fourth-order valence-corrected chi connectivity index (χ4v) is 10.2. The van der Waals surface area contributed by atoms with Gasteiger partial charge in [-0.15, -0.1) is 11.8 Å². The maximum atomic E-state index is 14.4. The molecule has 39 heavy (non-hydrogen) atoms. The lowest BCUT2D eigenvalue weighted by atomic mass is 9.70. The normalized spacial score (nSPS) is 29.8. The first kappa shape index (κ1) is 28.2. The molecule has 3 amide bonds. The molecule has 3 fully saturated rings. The van der Waals surface area contributed by atoms with E-state index in [0.717, 1.165) is 24.8 Å². The largest absolute Gasteiger partial charge is 0.394 e. The molecule has 0 saturated carbocycles. The first-order valence-corrected chi connectivity index (χ1v) is 15.6. The summed E-state index contributed by atoms with van der Waals surface area (Å²) in [7, 11) is 0. The molecule has 0 aliphatic carbocycles. The van der Waals surface area contributed by atoms with E-state index in [-0.39, 0.29) is 34.4 Å². The number of halogens is 1. The molecule has 9 heteroatoms. The fraction of sp³-hybridized carbons (Fsp3) is 0.500. The smallest absolute Gasteiger partial charge is 0.244 e. The zero-order valence-electron chi connectivity index (χ0n) is 22.1. The molecule has 1 spiro atoms. The second-order valence-electron chi connectivity index (χ2n) is 10.8. The van der Waals surface area contributed by atoms with Crippen LogP contribution in [0, 0.1) is 11.8 Å². The van der Waals surface area contributed by atoms with Crippen molar-refractivity contribution in [3.63, 3.8) is 0 Å². The summed E-state index contributed by atoms with van der Waals surface area (Å²) in [5.41, 5.74) is 1.66. The highest BCUT2D eigenvalue weighted by Crippen LogP contribution is 2.68. The number of hydrogen-bond donors (Lipinski definition) is 3. The third kappa shape index (κ3) is 5.25. The summed E-state index contributed by atoms with van der Waals surface area (Å²) in [6, 6.07) is 17.6. The topological polar surface area (TPSA) is 98.7 Å². The van der Waals surface area contributed by atoms with Crippen molar-refractivity contribution in [3.8, 4) is 0 Å². The Morgan fingerprint density at radius 1 is 1.10 bits per heavy atom. The second-order valence-corrected chi connectivity index (χ2v) is 13.5. The Hall–Kier alpha value is -2.36. The summed E-state index contributed by atoms with van der Waals surface area (Å²) >= 11 is 5.42. The van der Waals surface area contributed by atoms with E-state index < -0.39 is 28.7 Å². The van der Waals surface area contributed by atoms with Gasteiger partial charge in [-0.3, -0.25) is 14.4 Å². The Morgan fingerprint density at radius 2 is 1.79 bits per heavy atom. The number of fused-ring (bicyclic) bond motifs is 1. The van der Waals surface area contributed by atoms with E-state index in [1.165, 1.54) is 0 Å². The van der Waals surface area contributed by atoms with Gasteiger partial charge in [-0.25, -0.2) is 0 Å². The van der Waals surface area contributed by atoms with Crippen LogP contribution in [-0.4, -0.2) is 67.8 Å². The van der Waals surface area contributed by atoms with Gasteiger partial charge >= 0.3 is 0 Å². The molecule has 5 rings (SSSR count). The van der Waals surface area contributed by atoms with Gasteiger partial charge in [0.1, 0.15) is 6.04 Å². The summed E-state index contributed by atoms with van der Waals surface area (Å²) < 4.78 is -0.743. The van der Waals surface area contributed by atoms with Crippen LogP contribution in [0.15, 0.2) is 60.7 Å². The van der Waals surface area contributed by atoms with E-state index in [0.29, 0.717) is 25.1 Å². The van der Waals surface area contributed by atoms with Crippen LogP contribution in [0.2, 0.25) is 0 Å². The van der Waals surface area contributed by atoms with Crippen LogP contribution in [-0.2, 0) is 20.8 Å². The Bertz CT molecular complexity index is 1190. The number of unbranched alkanes of at least 4 members (excludes halogenated alkanes) is 2. The molecular formula is C30H36BrN3O4S. The molecule has 2 aromatic rings. The van der Waals surface area contributed by atoms with Crippen molar-refractivity contribution in [2.75, 3.05) is 18.5 Å². The van der Waals surface area contributed by atoms with Gasteiger partial charge in [-0.1, -0.05) is 84.2 Å². The molecule has 3 aliphatic heterocycles. The summed E-state index contributed by atoms with van der Waals surface area (Å²) in [6.45, 7) is 2.39. The number of carbonyl (C=O) groups excluding carboxylic acids is 3. The van der Waals surface area contributed by atoms with Gasteiger partial charge in [0.25, 0.3) is 0 Å². The highest BCUT2D eigenvalue weighted by Gasteiger charge is 2.76. The molecule has 3 saturated heterocycles. The van der Waals surface area contributed by atoms with Crippen LogP contribution in [0.3, 0.4) is 0 Å². The number of aliphatic hydroxyl groups excluding tert-OH is 1. The van der Waals surface area contributed by atoms with Crippen molar-refractivity contribution in [3.05, 3.63) is 66.2 Å². The van der Waals surface area contributed by atoms with Gasteiger partial charge in [-0.05, 0) is 37.0 Å². The third-order valence-corrected chi connectivity index (χ3v) is 11.5. The number of nitrogens with zero attached hydrogens (tertiary/aromatic N) is 1. The molecule has 2 bridgehead atoms. The van der Waals surface area contributed by atoms with Gasteiger partial charge in [0, 0.05) is 22.3 Å². The van der Waals surface area contributed by atoms with E-state index in [9.17, 15) is 19.5 Å². The van der Waals surface area contributed by atoms with Gasteiger partial charge in [0.15, 0.2) is 0 Å². The minimum atomic E-state index is -0.762. The van der Waals surface area contributed by atoms with Gasteiger partial charge in [0.2, 0.25) is 17.7 Å². The molecule has 7 nitrogen and oxygen atoms in total. The monoisotopic (exact) mass is 613 g/mol. The number of benzene rings is 2. The fourth-order valence-electron chi connectivity index (χ4n) is 6.63. The molecule has 3 heterocycles. The molecule has 3 unspecified atom stereocenters. The summed E-state index contributed by atoms with van der Waals surface area (Å²) in [5, 5.41) is 16.5. The van der Waals surface area contributed by atoms with Crippen molar-refractivity contribution in [2.24, 2.45) is 11.8 Å². The van der Waals surface area contributed by atoms with E-state index in [2.05, 4.69) is 33.5 Å². The highest BCUT2D eigenvalue weighted by molar-refractivity contribution is 9.09. The van der Waals surface area contributed by atoms with Crippen LogP contribution in [0.25, 0.3) is 0 Å². The maximum absolute atomic E-state index is 14.4. The SMILES string of the molecule is CCCCCNC(=O)C1N([C@@H](CO)Cc2ccccc2)C(=O)[C@@H]2[C@@H](C(=O)Nc3ccccc3)[C@@H]3SC12CC3Br. The number of likely N-dealkylation sites (tertiary alicyclic amines) is 1. The lowest BCUT2D eigenvalue weighted by Crippen LogP contribution is -2.57. The first-order valence-electron chi connectivity index (χ1n) is 13.8. The number of alkyl halides is 1. The third-order valence-electron chi connectivity index (χ3n) is 8.32. The van der Waals surface area contributed by atoms with Crippen LogP contribution in [0.1, 0.15) is 38.2 Å². The number of para-hydroxylation sites is 1. The molecule has 2 aromatic carbocycles. The lowest BCUT2D eigenvalue weighted by Gasteiger charge is -2.37. The van der Waals surface area contributed by atoms with Crippen molar-refractivity contribution in [1.29, 1.82) is 0 Å². The standard InChI is InChI=1S/C30H36BrN3O4S/c1-2-3-10-15-32-28(37)26-30-17-22(31)25(39-30)23(27(36)33-20-13-8-5-9-14-20)24(30)29(38)34(26)21(18-35)16-19-11-6-4-7-12-19/h4-9,11-14,21-26,35H,2-3,10,15-18H2,1H3,(H,32,37)(H,33,36)/t21-,22?,23-,24+,25-,26?,30?/m1/s1. The molecule has 208 valence electrons. The summed E-state index contributed by atoms with van der Waals surface area (Å²) in [4.78, 5) is 43.6. The highest BCUT2D eigenvalue weighted by atomic mass is 79.9. The van der Waals surface area contributed by atoms with Crippen LogP contribution in [0.5, 0.6) is 0 Å². The Kier molecular flexibility index (Phi) is 8.69. The van der Waals surface area contributed by atoms with Gasteiger partial charge < -0.3 is 20.6 Å². The minimum absolute atomic E-state index is 0.00452. The van der Waals surface area contributed by atoms with Gasteiger partial charge in [-0.2, -0.15) is 0 Å². The van der Waals surface area contributed by atoms with Crippen LogP contribution in [0.4, 0.5) is 5.69 Å². The van der Waals surface area contributed by atoms with Crippen LogP contribution >= 0.6 is 27.7 Å². The molecular weight excluding hydrogens is 578 g/mol. The number of amides is 3. The number of thioether (sulfide) groups is 1. The first-order chi connectivity index (χ1) is 18.9. The van der Waals surface area contributed by atoms with Crippen molar-refractivity contribution < 1.29 is 19.5 Å².